The van der Waals surface area contributed by atoms with Crippen LogP contribution < -0.4 is 14.9 Å². The number of ether oxygens (including phenoxy) is 1. The Hall–Kier alpha value is -1.77. The quantitative estimate of drug-likeness (QED) is 0.302. The topological polar surface area (TPSA) is 145 Å². The highest BCUT2D eigenvalue weighted by molar-refractivity contribution is 7.89. The molecule has 2 rings (SSSR count). The first-order valence-corrected chi connectivity index (χ1v) is 12.8. The second kappa shape index (κ2) is 10.5. The first-order valence-electron chi connectivity index (χ1n) is 9.44. The normalized spacial score (nSPS) is 17.4. The largest absolute Gasteiger partial charge is 0.494 e. The van der Waals surface area contributed by atoms with Crippen molar-refractivity contribution in [1.82, 2.24) is 19.4 Å². The van der Waals surface area contributed by atoms with E-state index >= 15 is 0 Å². The maximum atomic E-state index is 12.6. The molecule has 1 saturated heterocycles. The summed E-state index contributed by atoms with van der Waals surface area (Å²) in [7, 11) is -7.25. The first kappa shape index (κ1) is 24.5. The molecule has 170 valence electrons. The van der Waals surface area contributed by atoms with Gasteiger partial charge >= 0.3 is 0 Å². The number of piperazine rings is 1. The summed E-state index contributed by atoms with van der Waals surface area (Å²) in [5, 5.41) is 9.04. The summed E-state index contributed by atoms with van der Waals surface area (Å²) in [6.45, 7) is 2.96. The molecular formula is C17H28N4O7S2. The number of amides is 1. The van der Waals surface area contributed by atoms with Crippen LogP contribution in [0.1, 0.15) is 13.3 Å². The van der Waals surface area contributed by atoms with E-state index in [9.17, 15) is 21.6 Å². The molecule has 0 spiro atoms. The summed E-state index contributed by atoms with van der Waals surface area (Å²) >= 11 is 0. The van der Waals surface area contributed by atoms with Crippen LogP contribution in [0, 0.1) is 0 Å². The number of sulfonamides is 2. The van der Waals surface area contributed by atoms with Gasteiger partial charge in [0.25, 0.3) is 5.91 Å². The Labute approximate surface area is 177 Å². The van der Waals surface area contributed by atoms with Crippen LogP contribution >= 0.6 is 0 Å². The van der Waals surface area contributed by atoms with Gasteiger partial charge in [-0.3, -0.25) is 14.9 Å². The highest BCUT2D eigenvalue weighted by Gasteiger charge is 2.32. The van der Waals surface area contributed by atoms with Crippen LogP contribution in [0.4, 0.5) is 0 Å². The number of hydrogen-bond acceptors (Lipinski definition) is 8. The second-order valence-corrected chi connectivity index (χ2v) is 10.6. The zero-order valence-electron chi connectivity index (χ0n) is 16.9. The van der Waals surface area contributed by atoms with Gasteiger partial charge in [-0.1, -0.05) is 6.92 Å². The molecule has 1 heterocycles. The predicted molar refractivity (Wildman–Crippen MR) is 109 cm³/mol. The van der Waals surface area contributed by atoms with E-state index in [0.717, 1.165) is 12.7 Å². The van der Waals surface area contributed by atoms with Crippen LogP contribution in [-0.2, 0) is 24.8 Å². The Bertz CT molecular complexity index is 912. The second-order valence-electron chi connectivity index (χ2n) is 6.86. The van der Waals surface area contributed by atoms with E-state index in [1.165, 1.54) is 16.4 Å². The molecular weight excluding hydrogens is 436 g/mol. The number of carbonyl (C=O) groups is 1. The van der Waals surface area contributed by atoms with Crippen molar-refractivity contribution in [2.75, 3.05) is 45.6 Å². The highest BCUT2D eigenvalue weighted by atomic mass is 32.2. The molecule has 1 aromatic carbocycles. The molecule has 1 unspecified atom stereocenters. The van der Waals surface area contributed by atoms with E-state index in [1.54, 1.807) is 22.5 Å². The summed E-state index contributed by atoms with van der Waals surface area (Å²) in [5.74, 6) is -0.231. The zero-order chi connectivity index (χ0) is 22.4. The Kier molecular flexibility index (Phi) is 8.58. The van der Waals surface area contributed by atoms with Gasteiger partial charge in [-0.15, -0.1) is 0 Å². The van der Waals surface area contributed by atoms with Gasteiger partial charge in [-0.05, 0) is 30.7 Å². The van der Waals surface area contributed by atoms with Crippen molar-refractivity contribution >= 4 is 26.0 Å². The third kappa shape index (κ3) is 6.62. The van der Waals surface area contributed by atoms with Gasteiger partial charge < -0.3 is 4.74 Å². The van der Waals surface area contributed by atoms with Crippen LogP contribution in [-0.4, -0.2) is 88.8 Å². The van der Waals surface area contributed by atoms with E-state index < -0.39 is 32.0 Å². The maximum Gasteiger partial charge on any atom is 0.262 e. The Morgan fingerprint density at radius 3 is 2.23 bits per heavy atom. The number of rotatable bonds is 10. The Balaban J connectivity index is 2.04. The van der Waals surface area contributed by atoms with E-state index in [2.05, 4.69) is 4.72 Å². The van der Waals surface area contributed by atoms with E-state index in [-0.39, 0.29) is 37.6 Å². The van der Waals surface area contributed by atoms with Crippen molar-refractivity contribution in [2.24, 2.45) is 0 Å². The summed E-state index contributed by atoms with van der Waals surface area (Å²) in [6.07, 6.45) is 1.93. The van der Waals surface area contributed by atoms with Crippen LogP contribution in [0.15, 0.2) is 29.2 Å². The standard InChI is InChI=1S/C17H28N4O7S2/c1-3-12-28-14-4-6-15(7-5-14)30(26,27)18-13-16(17(22)19-23)20-8-10-21(11-9-20)29(2,24)25/h4-7,16,18,23H,3,8-13H2,1-2H3,(H,19,22). The van der Waals surface area contributed by atoms with E-state index in [4.69, 9.17) is 9.94 Å². The Morgan fingerprint density at radius 1 is 1.13 bits per heavy atom. The van der Waals surface area contributed by atoms with Crippen LogP contribution in [0.3, 0.4) is 0 Å². The van der Waals surface area contributed by atoms with Crippen LogP contribution in [0.5, 0.6) is 5.75 Å². The lowest BCUT2D eigenvalue weighted by molar-refractivity contribution is -0.135. The molecule has 3 N–H and O–H groups in total. The average molecular weight is 465 g/mol. The highest BCUT2D eigenvalue weighted by Crippen LogP contribution is 2.16. The zero-order valence-corrected chi connectivity index (χ0v) is 18.6. The molecule has 0 bridgehead atoms. The average Bonchev–Trinajstić information content (AvgIpc) is 2.72. The number of nitrogens with one attached hydrogen (secondary N) is 2. The summed E-state index contributed by atoms with van der Waals surface area (Å²) in [6, 6.07) is 4.90. The fourth-order valence-electron chi connectivity index (χ4n) is 3.02. The lowest BCUT2D eigenvalue weighted by atomic mass is 10.2. The smallest absolute Gasteiger partial charge is 0.262 e. The SMILES string of the molecule is CCCOc1ccc(S(=O)(=O)NCC(C(=O)NO)N2CCN(S(C)(=O)=O)CC2)cc1. The third-order valence-electron chi connectivity index (χ3n) is 4.67. The number of carbonyl (C=O) groups excluding carboxylic acids is 1. The van der Waals surface area contributed by atoms with Crippen LogP contribution in [0.2, 0.25) is 0 Å². The van der Waals surface area contributed by atoms with Gasteiger partial charge in [0.15, 0.2) is 0 Å². The fourth-order valence-corrected chi connectivity index (χ4v) is 4.88. The minimum Gasteiger partial charge on any atom is -0.494 e. The van der Waals surface area contributed by atoms with Crippen molar-refractivity contribution in [3.05, 3.63) is 24.3 Å². The monoisotopic (exact) mass is 464 g/mol. The fraction of sp³-hybridized carbons (Fsp3) is 0.588. The minimum absolute atomic E-state index is 0.0106. The molecule has 0 aliphatic carbocycles. The van der Waals surface area contributed by atoms with E-state index in [0.29, 0.717) is 12.4 Å². The van der Waals surface area contributed by atoms with Gasteiger partial charge in [-0.25, -0.2) is 27.0 Å². The molecule has 1 amide bonds. The maximum absolute atomic E-state index is 12.6. The molecule has 11 nitrogen and oxygen atoms in total. The third-order valence-corrected chi connectivity index (χ3v) is 7.41. The molecule has 0 saturated carbocycles. The van der Waals surface area contributed by atoms with Crippen molar-refractivity contribution in [3.63, 3.8) is 0 Å². The molecule has 1 aliphatic heterocycles. The molecule has 1 aliphatic rings. The first-order chi connectivity index (χ1) is 14.1. The Morgan fingerprint density at radius 2 is 1.73 bits per heavy atom. The van der Waals surface area contributed by atoms with Crippen molar-refractivity contribution in [1.29, 1.82) is 0 Å². The van der Waals surface area contributed by atoms with Gasteiger partial charge in [0.2, 0.25) is 20.0 Å². The molecule has 0 radical (unpaired) electrons. The molecule has 1 atom stereocenters. The molecule has 1 fully saturated rings. The van der Waals surface area contributed by atoms with Crippen LogP contribution in [0.25, 0.3) is 0 Å². The van der Waals surface area contributed by atoms with Gasteiger partial charge in [0.1, 0.15) is 11.8 Å². The van der Waals surface area contributed by atoms with Crippen molar-refractivity contribution in [3.8, 4) is 5.75 Å². The van der Waals surface area contributed by atoms with Gasteiger partial charge in [0.05, 0.1) is 17.8 Å². The van der Waals surface area contributed by atoms with Crippen molar-refractivity contribution in [2.45, 2.75) is 24.3 Å². The lowest BCUT2D eigenvalue weighted by Gasteiger charge is -2.37. The van der Waals surface area contributed by atoms with Gasteiger partial charge in [0, 0.05) is 32.7 Å². The van der Waals surface area contributed by atoms with Gasteiger partial charge in [-0.2, -0.15) is 4.31 Å². The number of benzene rings is 1. The summed E-state index contributed by atoms with van der Waals surface area (Å²) in [4.78, 5) is 13.7. The summed E-state index contributed by atoms with van der Waals surface area (Å²) in [5.41, 5.74) is 1.54. The molecule has 30 heavy (non-hydrogen) atoms. The number of nitrogens with zero attached hydrogens (tertiary/aromatic N) is 2. The molecule has 13 heteroatoms. The molecule has 1 aromatic rings. The number of hydroxylamine groups is 1. The van der Waals surface area contributed by atoms with Crippen molar-refractivity contribution < 1.29 is 31.6 Å². The van der Waals surface area contributed by atoms with E-state index in [1.807, 2.05) is 6.92 Å². The number of hydrogen-bond donors (Lipinski definition) is 3. The minimum atomic E-state index is -3.91. The summed E-state index contributed by atoms with van der Waals surface area (Å²) < 4.78 is 57.5. The predicted octanol–water partition coefficient (Wildman–Crippen LogP) is -0.795. The lowest BCUT2D eigenvalue weighted by Crippen LogP contribution is -2.58. The molecule has 0 aromatic heterocycles.